The quantitative estimate of drug-likeness (QED) is 0.727. The average Bonchev–Trinajstić information content (AvgIpc) is 2.93. The van der Waals surface area contributed by atoms with Crippen LogP contribution in [0.5, 0.6) is 0 Å². The number of nitrogen functional groups attached to an aromatic ring is 1. The summed E-state index contributed by atoms with van der Waals surface area (Å²) in [5, 5.41) is 0. The van der Waals surface area contributed by atoms with Crippen molar-refractivity contribution in [3.63, 3.8) is 0 Å². The van der Waals surface area contributed by atoms with E-state index in [0.717, 1.165) is 28.1 Å². The van der Waals surface area contributed by atoms with Gasteiger partial charge in [0.05, 0.1) is 21.6 Å². The fourth-order valence-electron chi connectivity index (χ4n) is 2.51. The van der Waals surface area contributed by atoms with Crippen LogP contribution >= 0.6 is 11.3 Å². The number of hydrogen-bond acceptors (Lipinski definition) is 4. The van der Waals surface area contributed by atoms with Crippen LogP contribution < -0.4 is 10.6 Å². The molecule has 2 aromatic carbocycles. The molecule has 0 fully saturated rings. The second-order valence-corrected chi connectivity index (χ2v) is 5.61. The molecule has 4 heteroatoms. The lowest BCUT2D eigenvalue weighted by Crippen LogP contribution is -2.18. The van der Waals surface area contributed by atoms with Crippen molar-refractivity contribution in [2.24, 2.45) is 0 Å². The predicted octanol–water partition coefficient (Wildman–Crippen LogP) is 4.34. The molecule has 0 unspecified atom stereocenters. The van der Waals surface area contributed by atoms with Gasteiger partial charge in [0.1, 0.15) is 5.52 Å². The summed E-state index contributed by atoms with van der Waals surface area (Å²) in [6.07, 6.45) is 0. The van der Waals surface area contributed by atoms with Crippen molar-refractivity contribution in [1.82, 2.24) is 4.98 Å². The van der Waals surface area contributed by atoms with Gasteiger partial charge in [0.2, 0.25) is 0 Å². The maximum absolute atomic E-state index is 6.33. The lowest BCUT2D eigenvalue weighted by Gasteiger charge is -2.26. The van der Waals surface area contributed by atoms with Gasteiger partial charge in [0, 0.05) is 12.2 Å². The Hall–Kier alpha value is -2.07. The molecule has 1 aromatic heterocycles. The standard InChI is InChI=1S/C16H17N3S/c1-3-19(12-7-5-4-6-11(12)2)13-8-9-14-16(15(13)17)18-10-20-14/h4-10H,3,17H2,1-2H3. The van der Waals surface area contributed by atoms with E-state index in [0.29, 0.717) is 0 Å². The van der Waals surface area contributed by atoms with Gasteiger partial charge in [-0.3, -0.25) is 0 Å². The summed E-state index contributed by atoms with van der Waals surface area (Å²) in [4.78, 5) is 6.62. The fraction of sp³-hybridized carbons (Fsp3) is 0.188. The Bertz CT molecular complexity index is 748. The summed E-state index contributed by atoms with van der Waals surface area (Å²) in [5.74, 6) is 0. The van der Waals surface area contributed by atoms with E-state index < -0.39 is 0 Å². The second-order valence-electron chi connectivity index (χ2n) is 4.73. The normalized spacial score (nSPS) is 10.9. The molecule has 2 N–H and O–H groups in total. The van der Waals surface area contributed by atoms with E-state index in [2.05, 4.69) is 60.1 Å². The maximum Gasteiger partial charge on any atom is 0.106 e. The Morgan fingerprint density at radius 1 is 1.15 bits per heavy atom. The van der Waals surface area contributed by atoms with E-state index in [9.17, 15) is 0 Å². The number of hydrogen-bond donors (Lipinski definition) is 1. The highest BCUT2D eigenvalue weighted by Gasteiger charge is 2.15. The molecule has 0 saturated carbocycles. The second kappa shape index (κ2) is 5.13. The highest BCUT2D eigenvalue weighted by atomic mass is 32.1. The number of benzene rings is 2. The number of aryl methyl sites for hydroxylation is 1. The molecule has 0 saturated heterocycles. The third-order valence-electron chi connectivity index (χ3n) is 3.53. The van der Waals surface area contributed by atoms with Crippen molar-refractivity contribution in [3.8, 4) is 0 Å². The Kier molecular flexibility index (Phi) is 3.32. The first-order valence-corrected chi connectivity index (χ1v) is 7.55. The summed E-state index contributed by atoms with van der Waals surface area (Å²) < 4.78 is 1.13. The van der Waals surface area contributed by atoms with Crippen LogP contribution in [0.4, 0.5) is 17.1 Å². The summed E-state index contributed by atoms with van der Waals surface area (Å²) in [7, 11) is 0. The van der Waals surface area contributed by atoms with Gasteiger partial charge in [-0.2, -0.15) is 0 Å². The molecule has 0 bridgehead atoms. The highest BCUT2D eigenvalue weighted by Crippen LogP contribution is 2.36. The first-order chi connectivity index (χ1) is 9.72. The molecule has 0 amide bonds. The molecule has 0 spiro atoms. The summed E-state index contributed by atoms with van der Waals surface area (Å²) in [6, 6.07) is 12.5. The number of nitrogens with two attached hydrogens (primary N) is 1. The Balaban J connectivity index is 2.17. The molecule has 0 aliphatic heterocycles. The first kappa shape index (κ1) is 12.9. The number of rotatable bonds is 3. The first-order valence-electron chi connectivity index (χ1n) is 6.67. The Morgan fingerprint density at radius 3 is 2.70 bits per heavy atom. The van der Waals surface area contributed by atoms with E-state index in [1.54, 1.807) is 11.3 Å². The van der Waals surface area contributed by atoms with Gasteiger partial charge in [0.25, 0.3) is 0 Å². The predicted molar refractivity (Wildman–Crippen MR) is 87.9 cm³/mol. The summed E-state index contributed by atoms with van der Waals surface area (Å²) in [6.45, 7) is 5.12. The van der Waals surface area contributed by atoms with Crippen LogP contribution in [0, 0.1) is 6.92 Å². The van der Waals surface area contributed by atoms with Crippen molar-refractivity contribution < 1.29 is 0 Å². The zero-order chi connectivity index (χ0) is 14.1. The van der Waals surface area contributed by atoms with Crippen molar-refractivity contribution in [2.75, 3.05) is 17.2 Å². The minimum absolute atomic E-state index is 0.758. The van der Waals surface area contributed by atoms with E-state index in [1.807, 2.05) is 5.51 Å². The molecular weight excluding hydrogens is 266 g/mol. The molecule has 0 aliphatic carbocycles. The molecule has 3 nitrogen and oxygen atoms in total. The zero-order valence-electron chi connectivity index (χ0n) is 11.6. The Morgan fingerprint density at radius 2 is 1.95 bits per heavy atom. The van der Waals surface area contributed by atoms with Crippen LogP contribution in [-0.4, -0.2) is 11.5 Å². The molecule has 20 heavy (non-hydrogen) atoms. The van der Waals surface area contributed by atoms with Gasteiger partial charge in [-0.05, 0) is 37.6 Å². The summed E-state index contributed by atoms with van der Waals surface area (Å²) >= 11 is 1.62. The molecule has 0 radical (unpaired) electrons. The van der Waals surface area contributed by atoms with Gasteiger partial charge >= 0.3 is 0 Å². The van der Waals surface area contributed by atoms with Gasteiger partial charge in [-0.15, -0.1) is 11.3 Å². The van der Waals surface area contributed by atoms with Crippen molar-refractivity contribution in [3.05, 3.63) is 47.5 Å². The van der Waals surface area contributed by atoms with Crippen LogP contribution in [0.2, 0.25) is 0 Å². The molecule has 0 atom stereocenters. The van der Waals surface area contributed by atoms with Gasteiger partial charge in [0.15, 0.2) is 0 Å². The van der Waals surface area contributed by atoms with Crippen molar-refractivity contribution in [1.29, 1.82) is 0 Å². The summed E-state index contributed by atoms with van der Waals surface area (Å²) in [5.41, 5.74) is 13.3. The largest absolute Gasteiger partial charge is 0.395 e. The van der Waals surface area contributed by atoms with Gasteiger partial charge in [-0.1, -0.05) is 18.2 Å². The van der Waals surface area contributed by atoms with E-state index in [4.69, 9.17) is 5.73 Å². The van der Waals surface area contributed by atoms with Crippen molar-refractivity contribution in [2.45, 2.75) is 13.8 Å². The minimum atomic E-state index is 0.758. The smallest absolute Gasteiger partial charge is 0.106 e. The van der Waals surface area contributed by atoms with Crippen molar-refractivity contribution >= 4 is 38.6 Å². The number of para-hydroxylation sites is 1. The third kappa shape index (κ3) is 2.02. The lowest BCUT2D eigenvalue weighted by atomic mass is 10.1. The van der Waals surface area contributed by atoms with Gasteiger partial charge in [-0.25, -0.2) is 4.98 Å². The van der Waals surface area contributed by atoms with Crippen LogP contribution in [-0.2, 0) is 0 Å². The number of fused-ring (bicyclic) bond motifs is 1. The number of anilines is 3. The maximum atomic E-state index is 6.33. The van der Waals surface area contributed by atoms with E-state index in [1.165, 1.54) is 11.3 Å². The van der Waals surface area contributed by atoms with Crippen LogP contribution in [0.15, 0.2) is 41.9 Å². The SMILES string of the molecule is CCN(c1ccccc1C)c1ccc2scnc2c1N. The topological polar surface area (TPSA) is 42.2 Å². The zero-order valence-corrected chi connectivity index (χ0v) is 12.4. The molecule has 0 aliphatic rings. The number of aromatic nitrogens is 1. The molecule has 1 heterocycles. The van der Waals surface area contributed by atoms with Crippen LogP contribution in [0.1, 0.15) is 12.5 Å². The fourth-order valence-corrected chi connectivity index (χ4v) is 3.21. The molecular formula is C16H17N3S. The third-order valence-corrected chi connectivity index (χ3v) is 4.33. The number of thiazole rings is 1. The highest BCUT2D eigenvalue weighted by molar-refractivity contribution is 7.16. The average molecular weight is 283 g/mol. The van der Waals surface area contributed by atoms with E-state index in [-0.39, 0.29) is 0 Å². The molecule has 3 rings (SSSR count). The monoisotopic (exact) mass is 283 g/mol. The molecule has 3 aromatic rings. The van der Waals surface area contributed by atoms with Crippen LogP contribution in [0.25, 0.3) is 10.2 Å². The molecule has 102 valence electrons. The minimum Gasteiger partial charge on any atom is -0.395 e. The van der Waals surface area contributed by atoms with Gasteiger partial charge < -0.3 is 10.6 Å². The van der Waals surface area contributed by atoms with Crippen LogP contribution in [0.3, 0.4) is 0 Å². The lowest BCUT2D eigenvalue weighted by molar-refractivity contribution is 1.02. The van der Waals surface area contributed by atoms with E-state index >= 15 is 0 Å². The Labute approximate surface area is 122 Å². The number of nitrogens with zero attached hydrogens (tertiary/aromatic N) is 2.